The molecule has 0 unspecified atom stereocenters. The van der Waals surface area contributed by atoms with Gasteiger partial charge >= 0.3 is 6.03 Å². The maximum atomic E-state index is 11.8. The van der Waals surface area contributed by atoms with Gasteiger partial charge in [0.15, 0.2) is 5.82 Å². The third kappa shape index (κ3) is 4.52. The lowest BCUT2D eigenvalue weighted by atomic mass is 10.2. The molecule has 0 saturated heterocycles. The van der Waals surface area contributed by atoms with Crippen molar-refractivity contribution in [1.82, 2.24) is 4.98 Å². The van der Waals surface area contributed by atoms with E-state index in [2.05, 4.69) is 10.4 Å². The summed E-state index contributed by atoms with van der Waals surface area (Å²) >= 11 is 0. The van der Waals surface area contributed by atoms with E-state index in [9.17, 15) is 4.79 Å². The highest BCUT2D eigenvalue weighted by atomic mass is 16.5. The van der Waals surface area contributed by atoms with Crippen molar-refractivity contribution < 1.29 is 9.53 Å². The molecule has 0 aliphatic rings. The third-order valence-electron chi connectivity index (χ3n) is 3.71. The van der Waals surface area contributed by atoms with Crippen LogP contribution in [0.15, 0.2) is 72.9 Å². The number of benzene rings is 2. The number of rotatable bonds is 6. The smallest absolute Gasteiger partial charge is 0.338 e. The van der Waals surface area contributed by atoms with Crippen LogP contribution in [0.4, 0.5) is 16.3 Å². The number of urea groups is 1. The standard InChI is InChI=1S/C20H17N5O2/c21-13-16-7-4-12-23-19(16)24-25(20(22)26)17-8-10-18(11-9-17)27-14-15-5-2-1-3-6-15/h1-12H,14H2,(H2,22,26)(H,23,24). The molecular weight excluding hydrogens is 342 g/mol. The van der Waals surface area contributed by atoms with Gasteiger partial charge in [-0.1, -0.05) is 30.3 Å². The molecule has 0 atom stereocenters. The molecule has 1 heterocycles. The molecule has 2 aromatic carbocycles. The first-order valence-electron chi connectivity index (χ1n) is 8.15. The van der Waals surface area contributed by atoms with Gasteiger partial charge < -0.3 is 10.5 Å². The molecule has 3 rings (SSSR count). The lowest BCUT2D eigenvalue weighted by Crippen LogP contribution is -2.40. The van der Waals surface area contributed by atoms with Gasteiger partial charge in [-0.05, 0) is 42.0 Å². The molecule has 0 saturated carbocycles. The zero-order chi connectivity index (χ0) is 19.1. The molecule has 0 bridgehead atoms. The van der Waals surface area contributed by atoms with Gasteiger partial charge in [-0.15, -0.1) is 0 Å². The second-order valence-electron chi connectivity index (χ2n) is 5.56. The van der Waals surface area contributed by atoms with Crippen molar-refractivity contribution in [3.63, 3.8) is 0 Å². The molecule has 2 amide bonds. The second-order valence-corrected chi connectivity index (χ2v) is 5.56. The van der Waals surface area contributed by atoms with E-state index in [0.29, 0.717) is 23.6 Å². The summed E-state index contributed by atoms with van der Waals surface area (Å²) in [6.45, 7) is 0.442. The summed E-state index contributed by atoms with van der Waals surface area (Å²) in [5.41, 5.74) is 10.1. The van der Waals surface area contributed by atoms with Gasteiger partial charge in [0.05, 0.1) is 11.3 Å². The summed E-state index contributed by atoms with van der Waals surface area (Å²) in [6, 6.07) is 21.2. The highest BCUT2D eigenvalue weighted by molar-refractivity contribution is 5.92. The van der Waals surface area contributed by atoms with Crippen LogP contribution in [0.3, 0.4) is 0 Å². The fourth-order valence-corrected chi connectivity index (χ4v) is 2.37. The van der Waals surface area contributed by atoms with Crippen LogP contribution in [0.25, 0.3) is 0 Å². The number of carbonyl (C=O) groups is 1. The molecule has 3 aromatic rings. The summed E-state index contributed by atoms with van der Waals surface area (Å²) in [4.78, 5) is 15.9. The van der Waals surface area contributed by atoms with Crippen LogP contribution in [0.1, 0.15) is 11.1 Å². The quantitative estimate of drug-likeness (QED) is 0.656. The van der Waals surface area contributed by atoms with Crippen LogP contribution in [-0.4, -0.2) is 11.0 Å². The number of nitrogens with two attached hydrogens (primary N) is 1. The van der Waals surface area contributed by atoms with Crippen molar-refractivity contribution >= 4 is 17.5 Å². The first-order valence-corrected chi connectivity index (χ1v) is 8.15. The Morgan fingerprint density at radius 2 is 1.85 bits per heavy atom. The number of carbonyl (C=O) groups excluding carboxylic acids is 1. The molecule has 3 N–H and O–H groups in total. The van der Waals surface area contributed by atoms with Crippen LogP contribution in [0.2, 0.25) is 0 Å². The van der Waals surface area contributed by atoms with Gasteiger partial charge in [0, 0.05) is 6.20 Å². The number of aromatic nitrogens is 1. The number of hydrogen-bond donors (Lipinski definition) is 2. The van der Waals surface area contributed by atoms with Gasteiger partial charge in [0.25, 0.3) is 0 Å². The van der Waals surface area contributed by atoms with E-state index in [1.165, 1.54) is 6.20 Å². The van der Waals surface area contributed by atoms with Crippen LogP contribution < -0.4 is 20.9 Å². The lowest BCUT2D eigenvalue weighted by molar-refractivity contribution is 0.255. The second kappa shape index (κ2) is 8.36. The Labute approximate surface area is 156 Å². The maximum Gasteiger partial charge on any atom is 0.338 e. The lowest BCUT2D eigenvalue weighted by Gasteiger charge is -2.22. The molecular formula is C20H17N5O2. The molecule has 1 aromatic heterocycles. The number of nitrogens with zero attached hydrogens (tertiary/aromatic N) is 3. The first-order chi connectivity index (χ1) is 13.2. The molecule has 0 aliphatic heterocycles. The Bertz CT molecular complexity index is 952. The van der Waals surface area contributed by atoms with E-state index >= 15 is 0 Å². The summed E-state index contributed by atoms with van der Waals surface area (Å²) in [5.74, 6) is 0.894. The predicted molar refractivity (Wildman–Crippen MR) is 102 cm³/mol. The Morgan fingerprint density at radius 3 is 2.52 bits per heavy atom. The average Bonchev–Trinajstić information content (AvgIpc) is 2.72. The molecule has 27 heavy (non-hydrogen) atoms. The number of ether oxygens (including phenoxy) is 1. The monoisotopic (exact) mass is 359 g/mol. The Hall–Kier alpha value is -4.05. The summed E-state index contributed by atoms with van der Waals surface area (Å²) in [7, 11) is 0. The van der Waals surface area contributed by atoms with E-state index in [1.54, 1.807) is 36.4 Å². The van der Waals surface area contributed by atoms with Gasteiger partial charge in [0.2, 0.25) is 0 Å². The number of nitriles is 1. The number of nitrogens with one attached hydrogen (secondary N) is 1. The molecule has 0 fully saturated rings. The Kier molecular flexibility index (Phi) is 5.50. The SMILES string of the molecule is N#Cc1cccnc1NN(C(N)=O)c1ccc(OCc2ccccc2)cc1. The zero-order valence-corrected chi connectivity index (χ0v) is 14.4. The number of primary amides is 1. The number of pyridine rings is 1. The number of anilines is 2. The van der Waals surface area contributed by atoms with Crippen molar-refractivity contribution in [2.24, 2.45) is 5.73 Å². The molecule has 0 spiro atoms. The number of hydrogen-bond acceptors (Lipinski definition) is 5. The summed E-state index contributed by atoms with van der Waals surface area (Å²) < 4.78 is 5.73. The van der Waals surface area contributed by atoms with Crippen LogP contribution in [0, 0.1) is 11.3 Å². The predicted octanol–water partition coefficient (Wildman–Crippen LogP) is 3.44. The minimum absolute atomic E-state index is 0.239. The van der Waals surface area contributed by atoms with Gasteiger partial charge in [0.1, 0.15) is 18.4 Å². The fourth-order valence-electron chi connectivity index (χ4n) is 2.37. The topological polar surface area (TPSA) is 104 Å². The van der Waals surface area contributed by atoms with Gasteiger partial charge in [-0.2, -0.15) is 5.26 Å². The number of amides is 2. The summed E-state index contributed by atoms with van der Waals surface area (Å²) in [5, 5.41) is 10.3. The molecule has 0 aliphatic carbocycles. The third-order valence-corrected chi connectivity index (χ3v) is 3.71. The molecule has 7 heteroatoms. The fraction of sp³-hybridized carbons (Fsp3) is 0.0500. The normalized spacial score (nSPS) is 9.89. The highest BCUT2D eigenvalue weighted by Crippen LogP contribution is 2.22. The Morgan fingerprint density at radius 1 is 1.11 bits per heavy atom. The van der Waals surface area contributed by atoms with Crippen molar-refractivity contribution in [3.05, 3.63) is 84.1 Å². The molecule has 0 radical (unpaired) electrons. The molecule has 134 valence electrons. The van der Waals surface area contributed by atoms with Crippen LogP contribution in [0.5, 0.6) is 5.75 Å². The van der Waals surface area contributed by atoms with Crippen LogP contribution >= 0.6 is 0 Å². The maximum absolute atomic E-state index is 11.8. The van der Waals surface area contributed by atoms with Crippen molar-refractivity contribution in [2.45, 2.75) is 6.61 Å². The minimum Gasteiger partial charge on any atom is -0.489 e. The summed E-state index contributed by atoms with van der Waals surface area (Å²) in [6.07, 6.45) is 1.52. The first kappa shape index (κ1) is 17.8. The van der Waals surface area contributed by atoms with Gasteiger partial charge in [-0.3, -0.25) is 5.43 Å². The van der Waals surface area contributed by atoms with Crippen LogP contribution in [-0.2, 0) is 6.61 Å². The number of hydrazine groups is 1. The van der Waals surface area contributed by atoms with E-state index in [-0.39, 0.29) is 5.82 Å². The van der Waals surface area contributed by atoms with Crippen molar-refractivity contribution in [2.75, 3.05) is 10.4 Å². The highest BCUT2D eigenvalue weighted by Gasteiger charge is 2.15. The van der Waals surface area contributed by atoms with Crippen molar-refractivity contribution in [1.29, 1.82) is 5.26 Å². The average molecular weight is 359 g/mol. The van der Waals surface area contributed by atoms with E-state index < -0.39 is 6.03 Å². The van der Waals surface area contributed by atoms with E-state index in [0.717, 1.165) is 10.6 Å². The largest absolute Gasteiger partial charge is 0.489 e. The molecule has 7 nitrogen and oxygen atoms in total. The zero-order valence-electron chi connectivity index (χ0n) is 14.4. The van der Waals surface area contributed by atoms with E-state index in [4.69, 9.17) is 15.7 Å². The van der Waals surface area contributed by atoms with E-state index in [1.807, 2.05) is 36.4 Å². The Balaban J connectivity index is 1.73. The van der Waals surface area contributed by atoms with Gasteiger partial charge in [-0.25, -0.2) is 14.8 Å². The van der Waals surface area contributed by atoms with Crippen molar-refractivity contribution in [3.8, 4) is 11.8 Å². The minimum atomic E-state index is -0.734.